The van der Waals surface area contributed by atoms with Crippen LogP contribution in [0.2, 0.25) is 0 Å². The molecule has 0 unspecified atom stereocenters. The van der Waals surface area contributed by atoms with E-state index in [-0.39, 0.29) is 6.03 Å². The first kappa shape index (κ1) is 20.9. The average Bonchev–Trinajstić information content (AvgIpc) is 3.21. The molecule has 1 aliphatic heterocycles. The van der Waals surface area contributed by atoms with Gasteiger partial charge in [0.25, 0.3) is 0 Å². The van der Waals surface area contributed by atoms with Crippen molar-refractivity contribution in [2.24, 2.45) is 0 Å². The van der Waals surface area contributed by atoms with Crippen molar-refractivity contribution < 1.29 is 4.79 Å². The Hall–Kier alpha value is -3.94. The van der Waals surface area contributed by atoms with Crippen molar-refractivity contribution in [2.75, 3.05) is 36.4 Å². The molecule has 2 aromatic heterocycles. The predicted molar refractivity (Wildman–Crippen MR) is 130 cm³/mol. The third-order valence-electron chi connectivity index (χ3n) is 5.94. The summed E-state index contributed by atoms with van der Waals surface area (Å²) in [7, 11) is 0. The van der Waals surface area contributed by atoms with E-state index < -0.39 is 0 Å². The normalized spacial score (nSPS) is 14.0. The first-order valence-corrected chi connectivity index (χ1v) is 11.3. The van der Waals surface area contributed by atoms with Crippen LogP contribution in [0.4, 0.5) is 16.3 Å². The van der Waals surface area contributed by atoms with Crippen LogP contribution in [-0.4, -0.2) is 56.9 Å². The maximum Gasteiger partial charge on any atom is 0.321 e. The monoisotopic (exact) mass is 441 g/mol. The fourth-order valence-corrected chi connectivity index (χ4v) is 4.19. The number of carbonyl (C=O) groups excluding carboxylic acids is 1. The lowest BCUT2D eigenvalue weighted by molar-refractivity contribution is 0.208. The molecule has 5 rings (SSSR count). The Morgan fingerprint density at radius 3 is 2.27 bits per heavy atom. The fourth-order valence-electron chi connectivity index (χ4n) is 4.19. The van der Waals surface area contributed by atoms with Gasteiger partial charge in [0.1, 0.15) is 11.6 Å². The molecule has 33 heavy (non-hydrogen) atoms. The third kappa shape index (κ3) is 4.11. The number of aromatic nitrogens is 4. The first-order valence-electron chi connectivity index (χ1n) is 11.3. The topological polar surface area (TPSA) is 79.2 Å². The van der Waals surface area contributed by atoms with Gasteiger partial charge in [-0.2, -0.15) is 5.10 Å². The van der Waals surface area contributed by atoms with Crippen LogP contribution >= 0.6 is 0 Å². The summed E-state index contributed by atoms with van der Waals surface area (Å²) in [4.78, 5) is 26.5. The molecule has 1 N–H and O–H groups in total. The lowest BCUT2D eigenvalue weighted by Crippen LogP contribution is -2.50. The minimum atomic E-state index is -0.0731. The second-order valence-electron chi connectivity index (χ2n) is 8.12. The van der Waals surface area contributed by atoms with Crippen LogP contribution in [0.5, 0.6) is 0 Å². The highest BCUT2D eigenvalue weighted by atomic mass is 16.2. The standard InChI is InChI=1S/C25H27N7O/c1-3-21-27-23(22-18(2)29-32(24(22)28-21)20-12-8-5-9-13-20)30-14-16-31(17-15-30)25(33)26-19-10-6-4-7-11-19/h4-13H,3,14-17H2,1-2H3,(H,26,33). The quantitative estimate of drug-likeness (QED) is 0.517. The van der Waals surface area contributed by atoms with E-state index in [0.717, 1.165) is 46.2 Å². The highest BCUT2D eigenvalue weighted by Crippen LogP contribution is 2.29. The van der Waals surface area contributed by atoms with Crippen molar-refractivity contribution >= 4 is 28.6 Å². The molecule has 0 atom stereocenters. The fraction of sp³-hybridized carbons (Fsp3) is 0.280. The van der Waals surface area contributed by atoms with E-state index in [4.69, 9.17) is 15.1 Å². The molecule has 0 spiro atoms. The van der Waals surface area contributed by atoms with Gasteiger partial charge in [0.2, 0.25) is 0 Å². The lowest BCUT2D eigenvalue weighted by Gasteiger charge is -2.35. The minimum absolute atomic E-state index is 0.0731. The number of hydrogen-bond acceptors (Lipinski definition) is 5. The Kier molecular flexibility index (Phi) is 5.64. The van der Waals surface area contributed by atoms with E-state index in [1.165, 1.54) is 0 Å². The highest BCUT2D eigenvalue weighted by Gasteiger charge is 2.26. The molecule has 2 aromatic carbocycles. The lowest BCUT2D eigenvalue weighted by atomic mass is 10.2. The second-order valence-corrected chi connectivity index (χ2v) is 8.12. The van der Waals surface area contributed by atoms with Crippen molar-refractivity contribution in [3.8, 4) is 5.69 Å². The molecule has 2 amide bonds. The molecule has 0 saturated carbocycles. The number of nitrogens with one attached hydrogen (secondary N) is 1. The maximum atomic E-state index is 12.7. The Bertz CT molecular complexity index is 1260. The summed E-state index contributed by atoms with van der Waals surface area (Å²) >= 11 is 0. The Balaban J connectivity index is 1.41. The molecule has 8 nitrogen and oxygen atoms in total. The van der Waals surface area contributed by atoms with Crippen molar-refractivity contribution in [1.29, 1.82) is 0 Å². The molecule has 8 heteroatoms. The molecule has 0 aliphatic carbocycles. The zero-order chi connectivity index (χ0) is 22.8. The van der Waals surface area contributed by atoms with Crippen molar-refractivity contribution in [1.82, 2.24) is 24.6 Å². The van der Waals surface area contributed by atoms with Crippen LogP contribution in [-0.2, 0) is 6.42 Å². The van der Waals surface area contributed by atoms with Crippen LogP contribution < -0.4 is 10.2 Å². The number of carbonyl (C=O) groups is 1. The molecular formula is C25H27N7O. The summed E-state index contributed by atoms with van der Waals surface area (Å²) in [6.07, 6.45) is 0.738. The molecule has 168 valence electrons. The van der Waals surface area contributed by atoms with Crippen molar-refractivity contribution in [3.05, 3.63) is 72.2 Å². The van der Waals surface area contributed by atoms with Gasteiger partial charge in [0, 0.05) is 38.3 Å². The van der Waals surface area contributed by atoms with E-state index in [0.29, 0.717) is 26.2 Å². The predicted octanol–water partition coefficient (Wildman–Crippen LogP) is 4.04. The van der Waals surface area contributed by atoms with E-state index in [9.17, 15) is 4.79 Å². The van der Waals surface area contributed by atoms with Gasteiger partial charge in [-0.05, 0) is 31.2 Å². The van der Waals surface area contributed by atoms with Gasteiger partial charge in [0.05, 0.1) is 16.8 Å². The summed E-state index contributed by atoms with van der Waals surface area (Å²) in [5.41, 5.74) is 3.50. The minimum Gasteiger partial charge on any atom is -0.352 e. The van der Waals surface area contributed by atoms with Crippen LogP contribution in [0.3, 0.4) is 0 Å². The number of anilines is 2. The summed E-state index contributed by atoms with van der Waals surface area (Å²) < 4.78 is 1.90. The van der Waals surface area contributed by atoms with Crippen LogP contribution in [0.15, 0.2) is 60.7 Å². The zero-order valence-corrected chi connectivity index (χ0v) is 18.9. The number of fused-ring (bicyclic) bond motifs is 1. The van der Waals surface area contributed by atoms with Gasteiger partial charge in [0.15, 0.2) is 5.65 Å². The van der Waals surface area contributed by atoms with Crippen molar-refractivity contribution in [3.63, 3.8) is 0 Å². The molecule has 0 radical (unpaired) electrons. The first-order chi connectivity index (χ1) is 16.1. The SMILES string of the molecule is CCc1nc(N2CCN(C(=O)Nc3ccccc3)CC2)c2c(C)nn(-c3ccccc3)c2n1. The summed E-state index contributed by atoms with van der Waals surface area (Å²) in [6.45, 7) is 6.71. The zero-order valence-electron chi connectivity index (χ0n) is 18.9. The number of piperazine rings is 1. The second kappa shape index (κ2) is 8.90. The van der Waals surface area contributed by atoms with Gasteiger partial charge < -0.3 is 15.1 Å². The van der Waals surface area contributed by atoms with E-state index in [1.807, 2.05) is 77.2 Å². The molecule has 3 heterocycles. The van der Waals surface area contributed by atoms with Gasteiger partial charge in [-0.3, -0.25) is 0 Å². The number of aryl methyl sites for hydroxylation is 2. The number of urea groups is 1. The van der Waals surface area contributed by atoms with E-state index >= 15 is 0 Å². The molecule has 1 aliphatic rings. The van der Waals surface area contributed by atoms with Gasteiger partial charge in [-0.15, -0.1) is 0 Å². The van der Waals surface area contributed by atoms with Crippen LogP contribution in [0.25, 0.3) is 16.7 Å². The van der Waals surface area contributed by atoms with E-state index in [2.05, 4.69) is 17.1 Å². The van der Waals surface area contributed by atoms with Crippen LogP contribution in [0, 0.1) is 6.92 Å². The Morgan fingerprint density at radius 2 is 1.61 bits per heavy atom. The molecule has 0 bridgehead atoms. The summed E-state index contributed by atoms with van der Waals surface area (Å²) in [5.74, 6) is 1.69. The van der Waals surface area contributed by atoms with Gasteiger partial charge in [-0.25, -0.2) is 19.4 Å². The average molecular weight is 442 g/mol. The number of hydrogen-bond donors (Lipinski definition) is 1. The number of amides is 2. The smallest absolute Gasteiger partial charge is 0.321 e. The summed E-state index contributed by atoms with van der Waals surface area (Å²) in [6, 6.07) is 19.5. The summed E-state index contributed by atoms with van der Waals surface area (Å²) in [5, 5.41) is 8.74. The molecular weight excluding hydrogens is 414 g/mol. The molecule has 1 saturated heterocycles. The van der Waals surface area contributed by atoms with E-state index in [1.54, 1.807) is 0 Å². The highest BCUT2D eigenvalue weighted by molar-refractivity contribution is 5.92. The third-order valence-corrected chi connectivity index (χ3v) is 5.94. The molecule has 1 fully saturated rings. The van der Waals surface area contributed by atoms with Crippen molar-refractivity contribution in [2.45, 2.75) is 20.3 Å². The number of benzene rings is 2. The molecule has 4 aromatic rings. The number of para-hydroxylation sites is 2. The van der Waals surface area contributed by atoms with Crippen LogP contribution in [0.1, 0.15) is 18.4 Å². The largest absolute Gasteiger partial charge is 0.352 e. The number of rotatable bonds is 4. The maximum absolute atomic E-state index is 12.7. The Labute approximate surface area is 192 Å². The van der Waals surface area contributed by atoms with Gasteiger partial charge >= 0.3 is 6.03 Å². The van der Waals surface area contributed by atoms with Gasteiger partial charge in [-0.1, -0.05) is 43.3 Å². The Morgan fingerprint density at radius 1 is 0.939 bits per heavy atom. The number of nitrogens with zero attached hydrogens (tertiary/aromatic N) is 6.